The second-order valence-electron chi connectivity index (χ2n) is 7.66. The Labute approximate surface area is 114 Å². The largest absolute Gasteiger partial charge is 0.311 e. The third kappa shape index (κ3) is 3.08. The van der Waals surface area contributed by atoms with E-state index in [2.05, 4.69) is 44.8 Å². The molecule has 2 aliphatic rings. The maximum Gasteiger partial charge on any atom is 0.0244 e. The third-order valence-electron chi connectivity index (χ3n) is 5.12. The Morgan fingerprint density at radius 3 is 2.44 bits per heavy atom. The summed E-state index contributed by atoms with van der Waals surface area (Å²) in [6.07, 6.45) is 5.57. The average molecular weight is 252 g/mol. The van der Waals surface area contributed by atoms with Crippen LogP contribution in [0.4, 0.5) is 0 Å². The maximum atomic E-state index is 3.78. The van der Waals surface area contributed by atoms with Crippen molar-refractivity contribution in [3.63, 3.8) is 0 Å². The van der Waals surface area contributed by atoms with Crippen molar-refractivity contribution in [3.8, 4) is 0 Å². The van der Waals surface area contributed by atoms with Crippen LogP contribution in [-0.4, -0.2) is 36.1 Å². The fourth-order valence-electron chi connectivity index (χ4n) is 3.70. The van der Waals surface area contributed by atoms with Gasteiger partial charge < -0.3 is 5.32 Å². The first kappa shape index (κ1) is 14.3. The second-order valence-corrected chi connectivity index (χ2v) is 7.66. The standard InChI is InChI=1S/C16H32N2/c1-6-13-10-17-15(16(3,4)5)11-18(13)14-8-7-12(2)9-14/h12-15,17H,6-11H2,1-5H3. The lowest BCUT2D eigenvalue weighted by Gasteiger charge is -2.47. The van der Waals surface area contributed by atoms with Crippen molar-refractivity contribution in [2.45, 2.75) is 78.4 Å². The minimum atomic E-state index is 0.376. The van der Waals surface area contributed by atoms with Crippen LogP contribution in [0.5, 0.6) is 0 Å². The van der Waals surface area contributed by atoms with Gasteiger partial charge in [0.15, 0.2) is 0 Å². The molecule has 106 valence electrons. The summed E-state index contributed by atoms with van der Waals surface area (Å²) in [7, 11) is 0. The predicted molar refractivity (Wildman–Crippen MR) is 78.8 cm³/mol. The highest BCUT2D eigenvalue weighted by Gasteiger charge is 2.38. The molecule has 2 rings (SSSR count). The molecule has 0 aromatic carbocycles. The van der Waals surface area contributed by atoms with E-state index in [1.54, 1.807) is 0 Å². The summed E-state index contributed by atoms with van der Waals surface area (Å²) in [4.78, 5) is 2.84. The fourth-order valence-corrected chi connectivity index (χ4v) is 3.70. The predicted octanol–water partition coefficient (Wildman–Crippen LogP) is 3.27. The van der Waals surface area contributed by atoms with Crippen LogP contribution in [0.2, 0.25) is 0 Å². The van der Waals surface area contributed by atoms with Crippen LogP contribution in [0, 0.1) is 11.3 Å². The summed E-state index contributed by atoms with van der Waals surface area (Å²) >= 11 is 0. The summed E-state index contributed by atoms with van der Waals surface area (Å²) in [6, 6.07) is 2.27. The van der Waals surface area contributed by atoms with E-state index in [4.69, 9.17) is 0 Å². The van der Waals surface area contributed by atoms with Gasteiger partial charge in [-0.2, -0.15) is 0 Å². The first-order valence-corrected chi connectivity index (χ1v) is 7.91. The molecule has 0 bridgehead atoms. The minimum absolute atomic E-state index is 0.376. The molecule has 0 amide bonds. The number of nitrogens with one attached hydrogen (secondary N) is 1. The van der Waals surface area contributed by atoms with Crippen molar-refractivity contribution in [1.29, 1.82) is 0 Å². The Morgan fingerprint density at radius 2 is 1.94 bits per heavy atom. The molecule has 1 saturated carbocycles. The van der Waals surface area contributed by atoms with Crippen LogP contribution >= 0.6 is 0 Å². The molecule has 2 nitrogen and oxygen atoms in total. The number of hydrogen-bond donors (Lipinski definition) is 1. The van der Waals surface area contributed by atoms with E-state index in [-0.39, 0.29) is 0 Å². The number of piperazine rings is 1. The molecule has 4 atom stereocenters. The zero-order chi connectivity index (χ0) is 13.3. The maximum absolute atomic E-state index is 3.78. The summed E-state index contributed by atoms with van der Waals surface area (Å²) in [6.45, 7) is 14.3. The average Bonchev–Trinajstić information content (AvgIpc) is 2.73. The minimum Gasteiger partial charge on any atom is -0.311 e. The van der Waals surface area contributed by atoms with Gasteiger partial charge in [0.2, 0.25) is 0 Å². The molecule has 0 aromatic rings. The molecule has 1 aliphatic heterocycles. The molecule has 1 saturated heterocycles. The van der Waals surface area contributed by atoms with Crippen LogP contribution in [0.3, 0.4) is 0 Å². The molecule has 4 unspecified atom stereocenters. The van der Waals surface area contributed by atoms with Gasteiger partial charge in [-0.05, 0) is 37.0 Å². The van der Waals surface area contributed by atoms with E-state index in [0.717, 1.165) is 18.0 Å². The van der Waals surface area contributed by atoms with Crippen molar-refractivity contribution in [2.24, 2.45) is 11.3 Å². The number of nitrogens with zero attached hydrogens (tertiary/aromatic N) is 1. The fraction of sp³-hybridized carbons (Fsp3) is 1.00. The van der Waals surface area contributed by atoms with Crippen molar-refractivity contribution in [3.05, 3.63) is 0 Å². The number of rotatable bonds is 2. The van der Waals surface area contributed by atoms with E-state index in [1.807, 2.05) is 0 Å². The highest BCUT2D eigenvalue weighted by molar-refractivity contribution is 4.95. The van der Waals surface area contributed by atoms with Gasteiger partial charge in [0.1, 0.15) is 0 Å². The lowest BCUT2D eigenvalue weighted by Crippen LogP contribution is -2.62. The van der Waals surface area contributed by atoms with E-state index in [0.29, 0.717) is 11.5 Å². The Bertz CT molecular complexity index is 269. The number of hydrogen-bond acceptors (Lipinski definition) is 2. The van der Waals surface area contributed by atoms with Gasteiger partial charge >= 0.3 is 0 Å². The van der Waals surface area contributed by atoms with E-state index in [9.17, 15) is 0 Å². The van der Waals surface area contributed by atoms with Crippen molar-refractivity contribution < 1.29 is 0 Å². The van der Waals surface area contributed by atoms with Gasteiger partial charge in [-0.25, -0.2) is 0 Å². The smallest absolute Gasteiger partial charge is 0.0244 e. The van der Waals surface area contributed by atoms with Gasteiger partial charge in [-0.1, -0.05) is 34.6 Å². The lowest BCUT2D eigenvalue weighted by atomic mass is 9.84. The van der Waals surface area contributed by atoms with Crippen LogP contribution in [0.1, 0.15) is 60.3 Å². The topological polar surface area (TPSA) is 15.3 Å². The van der Waals surface area contributed by atoms with E-state index < -0.39 is 0 Å². The first-order chi connectivity index (χ1) is 8.41. The zero-order valence-electron chi connectivity index (χ0n) is 13.0. The second kappa shape index (κ2) is 5.50. The molecule has 2 fully saturated rings. The summed E-state index contributed by atoms with van der Waals surface area (Å²) in [5, 5.41) is 3.78. The molecular weight excluding hydrogens is 220 g/mol. The van der Waals surface area contributed by atoms with Gasteiger partial charge in [0.05, 0.1) is 0 Å². The van der Waals surface area contributed by atoms with Crippen molar-refractivity contribution in [1.82, 2.24) is 10.2 Å². The molecular formula is C16H32N2. The zero-order valence-corrected chi connectivity index (χ0v) is 13.0. The first-order valence-electron chi connectivity index (χ1n) is 7.91. The summed E-state index contributed by atoms with van der Waals surface area (Å²) < 4.78 is 0. The summed E-state index contributed by atoms with van der Waals surface area (Å²) in [5.74, 6) is 0.940. The highest BCUT2D eigenvalue weighted by atomic mass is 15.3. The molecule has 1 N–H and O–H groups in total. The molecule has 2 heteroatoms. The van der Waals surface area contributed by atoms with Crippen LogP contribution in [-0.2, 0) is 0 Å². The van der Waals surface area contributed by atoms with Gasteiger partial charge in [0, 0.05) is 31.2 Å². The molecule has 18 heavy (non-hydrogen) atoms. The van der Waals surface area contributed by atoms with Crippen LogP contribution < -0.4 is 5.32 Å². The Kier molecular flexibility index (Phi) is 4.38. The monoisotopic (exact) mass is 252 g/mol. The Hall–Kier alpha value is -0.0800. The third-order valence-corrected chi connectivity index (χ3v) is 5.12. The SMILES string of the molecule is CCC1CNC(C(C)(C)C)CN1C1CCC(C)C1. The van der Waals surface area contributed by atoms with Crippen LogP contribution in [0.25, 0.3) is 0 Å². The van der Waals surface area contributed by atoms with Crippen molar-refractivity contribution >= 4 is 0 Å². The molecule has 1 heterocycles. The lowest BCUT2D eigenvalue weighted by molar-refractivity contribution is 0.0484. The molecule has 0 radical (unpaired) electrons. The van der Waals surface area contributed by atoms with Crippen molar-refractivity contribution in [2.75, 3.05) is 13.1 Å². The Balaban J connectivity index is 2.04. The molecule has 0 spiro atoms. The van der Waals surface area contributed by atoms with Crippen LogP contribution in [0.15, 0.2) is 0 Å². The normalized spacial score (nSPS) is 39.2. The van der Waals surface area contributed by atoms with Gasteiger partial charge in [-0.3, -0.25) is 4.90 Å². The molecule has 1 aliphatic carbocycles. The Morgan fingerprint density at radius 1 is 1.22 bits per heavy atom. The summed E-state index contributed by atoms with van der Waals surface area (Å²) in [5.41, 5.74) is 0.376. The molecule has 0 aromatic heterocycles. The van der Waals surface area contributed by atoms with Gasteiger partial charge in [0.25, 0.3) is 0 Å². The van der Waals surface area contributed by atoms with E-state index in [1.165, 1.54) is 38.8 Å². The van der Waals surface area contributed by atoms with Gasteiger partial charge in [-0.15, -0.1) is 0 Å². The quantitative estimate of drug-likeness (QED) is 0.811. The highest BCUT2D eigenvalue weighted by Crippen LogP contribution is 2.33. The van der Waals surface area contributed by atoms with E-state index >= 15 is 0 Å².